The van der Waals surface area contributed by atoms with Crippen LogP contribution in [0.25, 0.3) is 32.3 Å². The molecule has 0 radical (unpaired) electrons. The Labute approximate surface area is 142 Å². The van der Waals surface area contributed by atoms with Crippen molar-refractivity contribution < 1.29 is 9.85 Å². The Balaban J connectivity index is 2.34. The molecule has 0 aliphatic heterocycles. The molecule has 4 aromatic rings. The summed E-state index contributed by atoms with van der Waals surface area (Å²) in [4.78, 5) is 22.2. The highest BCUT2D eigenvalue weighted by atomic mass is 16.6. The number of nitro benzene ring substituents is 2. The van der Waals surface area contributed by atoms with E-state index < -0.39 is 4.92 Å². The fourth-order valence-electron chi connectivity index (χ4n) is 3.68. The quantitative estimate of drug-likeness (QED) is 0.280. The van der Waals surface area contributed by atoms with Crippen LogP contribution in [0, 0.1) is 20.2 Å². The van der Waals surface area contributed by atoms with Crippen molar-refractivity contribution >= 4 is 43.7 Å². The molecule has 0 N–H and O–H groups in total. The SMILES string of the molecule is CC(C)c1cc([N+](=O)[O-])c2ccc3c([N+](=O)[O-])ccc4ccc1c2c43. The molecule has 0 spiro atoms. The molecule has 0 bridgehead atoms. The molecule has 25 heavy (non-hydrogen) atoms. The smallest absolute Gasteiger partial charge is 0.258 e. The van der Waals surface area contributed by atoms with Crippen LogP contribution in [0.15, 0.2) is 42.5 Å². The molecule has 6 heteroatoms. The van der Waals surface area contributed by atoms with Crippen molar-refractivity contribution in [3.05, 3.63) is 68.3 Å². The van der Waals surface area contributed by atoms with Gasteiger partial charge in [0.15, 0.2) is 0 Å². The predicted molar refractivity (Wildman–Crippen MR) is 97.5 cm³/mol. The van der Waals surface area contributed by atoms with Gasteiger partial charge in [-0.25, -0.2) is 0 Å². The Hall–Kier alpha value is -3.28. The number of rotatable bonds is 3. The normalized spacial score (nSPS) is 11.8. The van der Waals surface area contributed by atoms with Gasteiger partial charge >= 0.3 is 0 Å². The summed E-state index contributed by atoms with van der Waals surface area (Å²) in [7, 11) is 0. The van der Waals surface area contributed by atoms with Crippen molar-refractivity contribution in [2.45, 2.75) is 19.8 Å². The summed E-state index contributed by atoms with van der Waals surface area (Å²) < 4.78 is 0. The number of benzene rings is 4. The molecule has 0 saturated heterocycles. The van der Waals surface area contributed by atoms with Gasteiger partial charge in [0, 0.05) is 22.9 Å². The van der Waals surface area contributed by atoms with Gasteiger partial charge in [-0.15, -0.1) is 0 Å². The Morgan fingerprint density at radius 2 is 1.32 bits per heavy atom. The van der Waals surface area contributed by atoms with Crippen molar-refractivity contribution in [2.75, 3.05) is 0 Å². The van der Waals surface area contributed by atoms with Crippen LogP contribution in [0.4, 0.5) is 11.4 Å². The molecule has 0 aliphatic rings. The highest BCUT2D eigenvalue weighted by molar-refractivity contribution is 6.26. The largest absolute Gasteiger partial charge is 0.277 e. The molecule has 0 atom stereocenters. The molecule has 0 aliphatic carbocycles. The molecule has 124 valence electrons. The summed E-state index contributed by atoms with van der Waals surface area (Å²) >= 11 is 0. The Bertz CT molecular complexity index is 1180. The molecule has 4 rings (SSSR count). The first-order valence-electron chi connectivity index (χ1n) is 7.93. The van der Waals surface area contributed by atoms with Crippen LogP contribution >= 0.6 is 0 Å². The number of hydrogen-bond donors (Lipinski definition) is 0. The van der Waals surface area contributed by atoms with E-state index >= 15 is 0 Å². The number of hydrogen-bond acceptors (Lipinski definition) is 4. The standard InChI is InChI=1S/C19H14N2O4/c1-10(2)15-9-17(21(24)25)14-7-6-13-16(20(22)23)8-4-11-3-5-12(15)19(14)18(11)13/h3-10H,1-2H3. The zero-order valence-corrected chi connectivity index (χ0v) is 13.6. The molecule has 0 unspecified atom stereocenters. The van der Waals surface area contributed by atoms with Gasteiger partial charge in [-0.05, 0) is 40.5 Å². The highest BCUT2D eigenvalue weighted by Crippen LogP contribution is 2.43. The summed E-state index contributed by atoms with van der Waals surface area (Å²) in [5.74, 6) is 0.0956. The minimum Gasteiger partial charge on any atom is -0.258 e. The zero-order valence-electron chi connectivity index (χ0n) is 13.6. The minimum atomic E-state index is -0.413. The van der Waals surface area contributed by atoms with E-state index in [-0.39, 0.29) is 22.2 Å². The first kappa shape index (κ1) is 15.3. The van der Waals surface area contributed by atoms with E-state index in [0.29, 0.717) is 10.8 Å². The monoisotopic (exact) mass is 334 g/mol. The van der Waals surface area contributed by atoms with Crippen LogP contribution in [0.5, 0.6) is 0 Å². The predicted octanol–water partition coefficient (Wildman–Crippen LogP) is 5.52. The van der Waals surface area contributed by atoms with Crippen LogP contribution in [0.3, 0.4) is 0 Å². The van der Waals surface area contributed by atoms with Gasteiger partial charge in [0.25, 0.3) is 11.4 Å². The third kappa shape index (κ3) is 2.04. The Kier molecular flexibility index (Phi) is 3.12. The third-order valence-electron chi connectivity index (χ3n) is 4.78. The molecule has 6 nitrogen and oxygen atoms in total. The van der Waals surface area contributed by atoms with E-state index in [2.05, 4.69) is 0 Å². The average Bonchev–Trinajstić information content (AvgIpc) is 2.58. The number of nitrogens with zero attached hydrogens (tertiary/aromatic N) is 2. The number of nitro groups is 2. The van der Waals surface area contributed by atoms with Gasteiger partial charge in [0.05, 0.1) is 20.6 Å². The van der Waals surface area contributed by atoms with E-state index in [4.69, 9.17) is 0 Å². The third-order valence-corrected chi connectivity index (χ3v) is 4.78. The molecule has 0 saturated carbocycles. The molecule has 4 aromatic carbocycles. The second-order valence-corrected chi connectivity index (χ2v) is 6.49. The molecule has 0 amide bonds. The van der Waals surface area contributed by atoms with Gasteiger partial charge in [-0.3, -0.25) is 20.2 Å². The topological polar surface area (TPSA) is 86.3 Å². The Morgan fingerprint density at radius 3 is 1.92 bits per heavy atom. The summed E-state index contributed by atoms with van der Waals surface area (Å²) in [6, 6.07) is 11.9. The van der Waals surface area contributed by atoms with E-state index in [1.807, 2.05) is 26.0 Å². The van der Waals surface area contributed by atoms with Gasteiger partial charge in [-0.1, -0.05) is 26.0 Å². The maximum atomic E-state index is 11.6. The maximum Gasteiger partial charge on any atom is 0.277 e. The second kappa shape index (κ2) is 5.11. The fourth-order valence-corrected chi connectivity index (χ4v) is 3.68. The fraction of sp³-hybridized carbons (Fsp3) is 0.158. The lowest BCUT2D eigenvalue weighted by atomic mass is 9.87. The molecule has 0 aromatic heterocycles. The summed E-state index contributed by atoms with van der Waals surface area (Å²) in [5.41, 5.74) is 0.928. The molecular weight excluding hydrogens is 320 g/mol. The van der Waals surface area contributed by atoms with Crippen LogP contribution < -0.4 is 0 Å². The lowest BCUT2D eigenvalue weighted by Crippen LogP contribution is -1.98. The minimum absolute atomic E-state index is 0.0134. The summed E-state index contributed by atoms with van der Waals surface area (Å²) in [6.07, 6.45) is 0. The van der Waals surface area contributed by atoms with E-state index in [1.54, 1.807) is 24.3 Å². The van der Waals surface area contributed by atoms with Crippen molar-refractivity contribution in [2.24, 2.45) is 0 Å². The lowest BCUT2D eigenvalue weighted by Gasteiger charge is -2.16. The van der Waals surface area contributed by atoms with Crippen LogP contribution in [0.1, 0.15) is 25.3 Å². The highest BCUT2D eigenvalue weighted by Gasteiger charge is 2.23. The first-order chi connectivity index (χ1) is 11.9. The molecule has 0 fully saturated rings. The average molecular weight is 334 g/mol. The number of non-ortho nitro benzene ring substituents is 2. The lowest BCUT2D eigenvalue weighted by molar-refractivity contribution is -0.383. The zero-order chi connectivity index (χ0) is 17.9. The van der Waals surface area contributed by atoms with E-state index in [9.17, 15) is 20.2 Å². The maximum absolute atomic E-state index is 11.6. The van der Waals surface area contributed by atoms with Gasteiger partial charge in [0.1, 0.15) is 0 Å². The van der Waals surface area contributed by atoms with Gasteiger partial charge in [-0.2, -0.15) is 0 Å². The first-order valence-corrected chi connectivity index (χ1v) is 7.93. The van der Waals surface area contributed by atoms with Crippen LogP contribution in [-0.4, -0.2) is 9.85 Å². The van der Waals surface area contributed by atoms with Crippen molar-refractivity contribution in [3.8, 4) is 0 Å². The van der Waals surface area contributed by atoms with Crippen molar-refractivity contribution in [3.63, 3.8) is 0 Å². The van der Waals surface area contributed by atoms with Gasteiger partial charge < -0.3 is 0 Å². The molecular formula is C19H14N2O4. The van der Waals surface area contributed by atoms with Crippen molar-refractivity contribution in [1.29, 1.82) is 0 Å². The summed E-state index contributed by atoms with van der Waals surface area (Å²) in [6.45, 7) is 3.97. The molecule has 0 heterocycles. The van der Waals surface area contributed by atoms with Crippen molar-refractivity contribution in [1.82, 2.24) is 0 Å². The van der Waals surface area contributed by atoms with E-state index in [1.165, 1.54) is 6.07 Å². The summed E-state index contributed by atoms with van der Waals surface area (Å²) in [5, 5.41) is 27.2. The van der Waals surface area contributed by atoms with Crippen LogP contribution in [-0.2, 0) is 0 Å². The van der Waals surface area contributed by atoms with Gasteiger partial charge in [0.2, 0.25) is 0 Å². The Morgan fingerprint density at radius 1 is 0.760 bits per heavy atom. The van der Waals surface area contributed by atoms with Crippen LogP contribution in [0.2, 0.25) is 0 Å². The second-order valence-electron chi connectivity index (χ2n) is 6.49. The van der Waals surface area contributed by atoms with E-state index in [0.717, 1.165) is 27.1 Å².